The van der Waals surface area contributed by atoms with Gasteiger partial charge in [-0.25, -0.2) is 5.10 Å². The Kier molecular flexibility index (Phi) is 3.88. The Balaban J connectivity index is 2.63. The summed E-state index contributed by atoms with van der Waals surface area (Å²) in [5, 5.41) is 11.7. The molecule has 1 amide bonds. The fourth-order valence-electron chi connectivity index (χ4n) is 1.25. The molecule has 0 bridgehead atoms. The van der Waals surface area contributed by atoms with Crippen LogP contribution >= 0.6 is 0 Å². The van der Waals surface area contributed by atoms with Crippen LogP contribution in [0.5, 0.6) is 0 Å². The van der Waals surface area contributed by atoms with Crippen LogP contribution in [0.2, 0.25) is 0 Å². The second-order valence-electron chi connectivity index (χ2n) is 4.94. The van der Waals surface area contributed by atoms with E-state index in [1.807, 2.05) is 20.8 Å². The molecule has 0 aliphatic carbocycles. The number of hydrogen-bond acceptors (Lipinski definition) is 4. The molecule has 0 aromatic carbocycles. The van der Waals surface area contributed by atoms with Gasteiger partial charge in [-0.1, -0.05) is 0 Å². The normalized spacial score (nSPS) is 12.9. The quantitative estimate of drug-likeness (QED) is 0.715. The van der Waals surface area contributed by atoms with Gasteiger partial charge in [0.15, 0.2) is 0 Å². The van der Waals surface area contributed by atoms with Crippen LogP contribution in [-0.2, 0) is 4.79 Å². The van der Waals surface area contributed by atoms with Gasteiger partial charge in [-0.05, 0) is 27.7 Å². The lowest BCUT2D eigenvalue weighted by Crippen LogP contribution is -2.47. The van der Waals surface area contributed by atoms with Gasteiger partial charge in [-0.15, -0.1) is 0 Å². The minimum absolute atomic E-state index is 0.127. The molecular weight excluding hydrogens is 220 g/mol. The van der Waals surface area contributed by atoms with E-state index in [-0.39, 0.29) is 17.0 Å². The van der Waals surface area contributed by atoms with Crippen LogP contribution in [0, 0.1) is 0 Å². The van der Waals surface area contributed by atoms with Crippen molar-refractivity contribution in [2.24, 2.45) is 0 Å². The van der Waals surface area contributed by atoms with Gasteiger partial charge in [0.25, 0.3) is 5.56 Å². The zero-order valence-electron chi connectivity index (χ0n) is 10.5. The molecule has 0 aliphatic heterocycles. The van der Waals surface area contributed by atoms with Crippen molar-refractivity contribution in [1.82, 2.24) is 15.5 Å². The van der Waals surface area contributed by atoms with Gasteiger partial charge in [0, 0.05) is 11.6 Å². The summed E-state index contributed by atoms with van der Waals surface area (Å²) in [7, 11) is 0. The lowest BCUT2D eigenvalue weighted by Gasteiger charge is -2.23. The number of carbonyl (C=O) groups excluding carboxylic acids is 1. The maximum absolute atomic E-state index is 11.8. The molecule has 3 N–H and O–H groups in total. The van der Waals surface area contributed by atoms with Crippen molar-refractivity contribution in [3.8, 4) is 0 Å². The summed E-state index contributed by atoms with van der Waals surface area (Å²) < 4.78 is 0. The van der Waals surface area contributed by atoms with E-state index in [0.29, 0.717) is 5.69 Å². The van der Waals surface area contributed by atoms with Crippen molar-refractivity contribution in [2.75, 3.05) is 5.32 Å². The minimum Gasteiger partial charge on any atom is -0.372 e. The number of amides is 1. The van der Waals surface area contributed by atoms with E-state index in [1.54, 1.807) is 6.92 Å². The first kappa shape index (κ1) is 13.2. The van der Waals surface area contributed by atoms with Gasteiger partial charge in [-0.2, -0.15) is 5.10 Å². The smallest absolute Gasteiger partial charge is 0.266 e. The fourth-order valence-corrected chi connectivity index (χ4v) is 1.25. The number of aromatic nitrogens is 2. The first-order valence-electron chi connectivity index (χ1n) is 5.41. The first-order valence-corrected chi connectivity index (χ1v) is 5.41. The predicted molar refractivity (Wildman–Crippen MR) is 65.8 cm³/mol. The molecule has 1 atom stereocenters. The lowest BCUT2D eigenvalue weighted by molar-refractivity contribution is -0.122. The standard InChI is InChI=1S/C11H18N4O2/c1-7(10(17)14-11(2,3)4)13-8-5-9(16)15-12-6-8/h5-7H,1-4H3,(H,14,17)(H2,13,15,16). The molecule has 0 fully saturated rings. The molecule has 0 saturated heterocycles. The highest BCUT2D eigenvalue weighted by Gasteiger charge is 2.19. The van der Waals surface area contributed by atoms with Crippen LogP contribution in [0.1, 0.15) is 27.7 Å². The van der Waals surface area contributed by atoms with Gasteiger partial charge < -0.3 is 10.6 Å². The van der Waals surface area contributed by atoms with Crippen LogP contribution in [0.3, 0.4) is 0 Å². The maximum atomic E-state index is 11.8. The molecule has 6 nitrogen and oxygen atoms in total. The molecule has 0 aliphatic rings. The Hall–Kier alpha value is -1.85. The van der Waals surface area contributed by atoms with E-state index in [2.05, 4.69) is 20.8 Å². The Labute approximate surface area is 99.8 Å². The highest BCUT2D eigenvalue weighted by molar-refractivity contribution is 5.84. The third-order valence-corrected chi connectivity index (χ3v) is 1.94. The van der Waals surface area contributed by atoms with Crippen LogP contribution in [0.15, 0.2) is 17.1 Å². The molecule has 1 aromatic heterocycles. The van der Waals surface area contributed by atoms with Gasteiger partial charge >= 0.3 is 0 Å². The highest BCUT2D eigenvalue weighted by atomic mass is 16.2. The topological polar surface area (TPSA) is 86.9 Å². The molecule has 6 heteroatoms. The second kappa shape index (κ2) is 4.99. The van der Waals surface area contributed by atoms with Gasteiger partial charge in [0.05, 0.1) is 11.9 Å². The van der Waals surface area contributed by atoms with Crippen molar-refractivity contribution < 1.29 is 4.79 Å². The average Bonchev–Trinajstić information content (AvgIpc) is 2.14. The number of aromatic amines is 1. The molecule has 94 valence electrons. The molecule has 1 heterocycles. The third kappa shape index (κ3) is 4.67. The molecule has 1 rings (SSSR count). The number of anilines is 1. The molecular formula is C11H18N4O2. The summed E-state index contributed by atoms with van der Waals surface area (Å²) in [6.45, 7) is 7.45. The van der Waals surface area contributed by atoms with Crippen molar-refractivity contribution in [3.63, 3.8) is 0 Å². The monoisotopic (exact) mass is 238 g/mol. The van der Waals surface area contributed by atoms with E-state index in [1.165, 1.54) is 12.3 Å². The zero-order valence-corrected chi connectivity index (χ0v) is 10.5. The summed E-state index contributed by atoms with van der Waals surface area (Å²) in [6, 6.07) is 0.922. The SMILES string of the molecule is CC(Nc1cn[nH]c(=O)c1)C(=O)NC(C)(C)C. The van der Waals surface area contributed by atoms with Crippen LogP contribution in [0.4, 0.5) is 5.69 Å². The molecule has 0 radical (unpaired) electrons. The van der Waals surface area contributed by atoms with E-state index >= 15 is 0 Å². The molecule has 17 heavy (non-hydrogen) atoms. The number of nitrogens with zero attached hydrogens (tertiary/aromatic N) is 1. The Bertz CT molecular complexity index is 447. The van der Waals surface area contributed by atoms with Crippen molar-refractivity contribution >= 4 is 11.6 Å². The lowest BCUT2D eigenvalue weighted by atomic mass is 10.1. The first-order chi connectivity index (χ1) is 7.78. The largest absolute Gasteiger partial charge is 0.372 e. The maximum Gasteiger partial charge on any atom is 0.266 e. The number of hydrogen-bond donors (Lipinski definition) is 3. The molecule has 0 spiro atoms. The van der Waals surface area contributed by atoms with Gasteiger partial charge in [0.2, 0.25) is 5.91 Å². The van der Waals surface area contributed by atoms with Gasteiger partial charge in [0.1, 0.15) is 6.04 Å². The van der Waals surface area contributed by atoms with Crippen molar-refractivity contribution in [1.29, 1.82) is 0 Å². The molecule has 0 saturated carbocycles. The average molecular weight is 238 g/mol. The van der Waals surface area contributed by atoms with E-state index < -0.39 is 6.04 Å². The summed E-state index contributed by atoms with van der Waals surface area (Å²) in [5.41, 5.74) is -0.0665. The summed E-state index contributed by atoms with van der Waals surface area (Å²) >= 11 is 0. The number of carbonyl (C=O) groups is 1. The third-order valence-electron chi connectivity index (χ3n) is 1.94. The Morgan fingerprint density at radius 1 is 1.47 bits per heavy atom. The minimum atomic E-state index is -0.433. The summed E-state index contributed by atoms with van der Waals surface area (Å²) in [6.07, 6.45) is 1.46. The Morgan fingerprint density at radius 3 is 2.65 bits per heavy atom. The highest BCUT2D eigenvalue weighted by Crippen LogP contribution is 2.04. The molecule has 1 unspecified atom stereocenters. The van der Waals surface area contributed by atoms with Crippen molar-refractivity contribution in [3.05, 3.63) is 22.6 Å². The summed E-state index contributed by atoms with van der Waals surface area (Å²) in [5.74, 6) is -0.127. The number of rotatable bonds is 3. The predicted octanol–water partition coefficient (Wildman–Crippen LogP) is 0.485. The van der Waals surface area contributed by atoms with E-state index in [0.717, 1.165) is 0 Å². The van der Waals surface area contributed by atoms with Gasteiger partial charge in [-0.3, -0.25) is 9.59 Å². The van der Waals surface area contributed by atoms with Crippen LogP contribution in [0.25, 0.3) is 0 Å². The Morgan fingerprint density at radius 2 is 2.12 bits per heavy atom. The summed E-state index contributed by atoms with van der Waals surface area (Å²) in [4.78, 5) is 22.8. The van der Waals surface area contributed by atoms with Crippen LogP contribution in [-0.4, -0.2) is 27.7 Å². The number of nitrogens with one attached hydrogen (secondary N) is 3. The molecule has 1 aromatic rings. The van der Waals surface area contributed by atoms with E-state index in [4.69, 9.17) is 0 Å². The second-order valence-corrected chi connectivity index (χ2v) is 4.94. The number of H-pyrrole nitrogens is 1. The van der Waals surface area contributed by atoms with Crippen LogP contribution < -0.4 is 16.2 Å². The zero-order chi connectivity index (χ0) is 13.1. The fraction of sp³-hybridized carbons (Fsp3) is 0.545. The van der Waals surface area contributed by atoms with E-state index in [9.17, 15) is 9.59 Å². The van der Waals surface area contributed by atoms with Crippen molar-refractivity contribution in [2.45, 2.75) is 39.3 Å².